The predicted octanol–water partition coefficient (Wildman–Crippen LogP) is 11.7. The van der Waals surface area contributed by atoms with Gasteiger partial charge in [0.15, 0.2) is 0 Å². The molecule has 0 aromatic carbocycles. The number of allylic oxidation sites excluding steroid dienone is 25. The van der Waals surface area contributed by atoms with Crippen molar-refractivity contribution in [2.45, 2.75) is 81.6 Å². The Bertz CT molecular complexity index is 1350. The van der Waals surface area contributed by atoms with E-state index in [2.05, 4.69) is 165 Å². The summed E-state index contributed by atoms with van der Waals surface area (Å²) in [6.07, 6.45) is 40.6. The second kappa shape index (κ2) is 20.1. The average molecular weight is 579 g/mol. The van der Waals surface area contributed by atoms with Gasteiger partial charge < -0.3 is 4.74 Å². The van der Waals surface area contributed by atoms with Crippen LogP contribution in [0.3, 0.4) is 0 Å². The summed E-state index contributed by atoms with van der Waals surface area (Å²) in [5.74, 6) is -0.152. The zero-order valence-electron chi connectivity index (χ0n) is 28.3. The molecule has 1 aliphatic rings. The van der Waals surface area contributed by atoms with Gasteiger partial charge in [-0.3, -0.25) is 4.79 Å². The highest BCUT2D eigenvalue weighted by Gasteiger charge is 2.39. The summed E-state index contributed by atoms with van der Waals surface area (Å²) in [6.45, 7) is 18.8. The number of esters is 1. The fourth-order valence-electron chi connectivity index (χ4n) is 4.57. The Kier molecular flexibility index (Phi) is 17.3. The Balaban J connectivity index is 2.69. The molecule has 0 radical (unpaired) electrons. The average Bonchev–Trinajstić information content (AvgIpc) is 2.94. The first-order chi connectivity index (χ1) is 20.4. The van der Waals surface area contributed by atoms with Gasteiger partial charge in [0.05, 0.1) is 12.5 Å². The highest BCUT2D eigenvalue weighted by atomic mass is 16.5. The van der Waals surface area contributed by atoms with Crippen LogP contribution in [0.25, 0.3) is 0 Å². The molecule has 0 amide bonds. The Morgan fingerprint density at radius 3 is 1.44 bits per heavy atom. The lowest BCUT2D eigenvalue weighted by Gasteiger charge is -2.33. The maximum absolute atomic E-state index is 12.5. The molecule has 0 aromatic rings. The first-order valence-corrected chi connectivity index (χ1v) is 15.2. The van der Waals surface area contributed by atoms with Crippen LogP contribution >= 0.6 is 0 Å². The lowest BCUT2D eigenvalue weighted by molar-refractivity contribution is -0.150. The van der Waals surface area contributed by atoms with Crippen molar-refractivity contribution < 1.29 is 9.53 Å². The molecule has 1 atom stereocenters. The molecular formula is C41H54O2. The van der Waals surface area contributed by atoms with Crippen molar-refractivity contribution in [2.75, 3.05) is 7.11 Å². The van der Waals surface area contributed by atoms with E-state index in [1.807, 2.05) is 6.92 Å². The summed E-state index contributed by atoms with van der Waals surface area (Å²) in [6, 6.07) is 0. The number of methoxy groups -OCH3 is 1. The molecule has 0 bridgehead atoms. The number of ether oxygens (including phenoxy) is 1. The van der Waals surface area contributed by atoms with Crippen LogP contribution in [0.4, 0.5) is 0 Å². The van der Waals surface area contributed by atoms with Crippen LogP contribution in [-0.4, -0.2) is 13.1 Å². The minimum absolute atomic E-state index is 0.152. The standard InChI is InChI=1S/C41H54O2/c1-32(2)18-13-21-35(5)24-15-26-36(6)25-14-22-33(3)19-11-12-20-34(4)23-16-27-37(7)29-30-39-38(8)28-17-31-41(39,9)40(42)43-10/h11-16,18-27,29-30H,17,28,31H2,1-10H3/b12-11+,21-13?,22-14+,23-16+,26-15+,30-29+,33-19+,34-20+,35-24+,36-25+,37-27+/t41-/m0/s1. The molecule has 0 fully saturated rings. The Morgan fingerprint density at radius 1 is 0.628 bits per heavy atom. The third kappa shape index (κ3) is 15.2. The molecule has 1 aliphatic carbocycles. The summed E-state index contributed by atoms with van der Waals surface area (Å²) in [5.41, 5.74) is 8.98. The van der Waals surface area contributed by atoms with E-state index in [1.165, 1.54) is 35.0 Å². The lowest BCUT2D eigenvalue weighted by atomic mass is 9.71. The van der Waals surface area contributed by atoms with Crippen LogP contribution in [0.2, 0.25) is 0 Å². The molecule has 0 aromatic heterocycles. The monoisotopic (exact) mass is 578 g/mol. The third-order valence-corrected chi connectivity index (χ3v) is 7.20. The topological polar surface area (TPSA) is 26.3 Å². The number of carbonyl (C=O) groups excluding carboxylic acids is 1. The van der Waals surface area contributed by atoms with Gasteiger partial charge in [-0.2, -0.15) is 0 Å². The highest BCUT2D eigenvalue weighted by Crippen LogP contribution is 2.42. The van der Waals surface area contributed by atoms with Gasteiger partial charge in [0.1, 0.15) is 0 Å². The Labute approximate surface area is 263 Å². The maximum atomic E-state index is 12.5. The molecular weight excluding hydrogens is 524 g/mol. The second-order valence-electron chi connectivity index (χ2n) is 11.8. The van der Waals surface area contributed by atoms with Crippen LogP contribution in [0.15, 0.2) is 154 Å². The summed E-state index contributed by atoms with van der Waals surface area (Å²) in [5, 5.41) is 0. The van der Waals surface area contributed by atoms with E-state index in [9.17, 15) is 4.79 Å². The van der Waals surface area contributed by atoms with Gasteiger partial charge in [-0.05, 0) is 87.1 Å². The van der Waals surface area contributed by atoms with Crippen LogP contribution < -0.4 is 0 Å². The number of hydrogen-bond acceptors (Lipinski definition) is 2. The van der Waals surface area contributed by atoms with E-state index >= 15 is 0 Å². The normalized spacial score (nSPS) is 20.3. The summed E-state index contributed by atoms with van der Waals surface area (Å²) < 4.78 is 5.12. The fraction of sp³-hybridized carbons (Fsp3) is 0.341. The lowest BCUT2D eigenvalue weighted by Crippen LogP contribution is -2.33. The van der Waals surface area contributed by atoms with Crippen molar-refractivity contribution in [3.63, 3.8) is 0 Å². The maximum Gasteiger partial charge on any atom is 0.315 e. The van der Waals surface area contributed by atoms with Gasteiger partial charge in [-0.15, -0.1) is 0 Å². The van der Waals surface area contributed by atoms with E-state index in [4.69, 9.17) is 4.74 Å². The first-order valence-electron chi connectivity index (χ1n) is 15.2. The molecule has 0 saturated heterocycles. The minimum atomic E-state index is -0.564. The van der Waals surface area contributed by atoms with Crippen molar-refractivity contribution in [1.29, 1.82) is 0 Å². The smallest absolute Gasteiger partial charge is 0.315 e. The van der Waals surface area contributed by atoms with Crippen molar-refractivity contribution in [1.82, 2.24) is 0 Å². The first kappa shape index (κ1) is 37.1. The van der Waals surface area contributed by atoms with Crippen LogP contribution in [0.5, 0.6) is 0 Å². The zero-order chi connectivity index (χ0) is 32.3. The molecule has 1 rings (SSSR count). The Hall–Kier alpha value is -3.91. The van der Waals surface area contributed by atoms with Crippen molar-refractivity contribution >= 4 is 5.97 Å². The fourth-order valence-corrected chi connectivity index (χ4v) is 4.57. The molecule has 43 heavy (non-hydrogen) atoms. The molecule has 230 valence electrons. The van der Waals surface area contributed by atoms with Crippen LogP contribution in [0, 0.1) is 5.41 Å². The molecule has 0 unspecified atom stereocenters. The summed E-state index contributed by atoms with van der Waals surface area (Å²) in [4.78, 5) is 12.5. The molecule has 0 saturated carbocycles. The van der Waals surface area contributed by atoms with E-state index in [-0.39, 0.29) is 5.97 Å². The molecule has 0 heterocycles. The van der Waals surface area contributed by atoms with Gasteiger partial charge in [-0.25, -0.2) is 0 Å². The highest BCUT2D eigenvalue weighted by molar-refractivity contribution is 5.81. The van der Waals surface area contributed by atoms with Gasteiger partial charge in [0.2, 0.25) is 0 Å². The summed E-state index contributed by atoms with van der Waals surface area (Å²) >= 11 is 0. The summed E-state index contributed by atoms with van der Waals surface area (Å²) in [7, 11) is 1.47. The number of carbonyl (C=O) groups is 1. The number of rotatable bonds is 13. The molecule has 0 aliphatic heterocycles. The SMILES string of the molecule is COC(=O)[C@@]1(C)CCCC(C)=C1/C=C/C(C)=C/C=C/C(C)=C/C=C/C=C(C)/C=C/C=C(C)/C=C/C=C(\C)C=CC=C(C)C. The second-order valence-corrected chi connectivity index (χ2v) is 11.8. The predicted molar refractivity (Wildman–Crippen MR) is 190 cm³/mol. The van der Waals surface area contributed by atoms with Crippen molar-refractivity contribution in [2.24, 2.45) is 5.41 Å². The van der Waals surface area contributed by atoms with Crippen molar-refractivity contribution in [3.8, 4) is 0 Å². The van der Waals surface area contributed by atoms with E-state index in [1.54, 1.807) is 0 Å². The van der Waals surface area contributed by atoms with E-state index < -0.39 is 5.41 Å². The largest absolute Gasteiger partial charge is 0.468 e. The van der Waals surface area contributed by atoms with Gasteiger partial charge in [0, 0.05) is 0 Å². The third-order valence-electron chi connectivity index (χ3n) is 7.20. The minimum Gasteiger partial charge on any atom is -0.468 e. The van der Waals surface area contributed by atoms with E-state index in [0.29, 0.717) is 0 Å². The quantitative estimate of drug-likeness (QED) is 0.160. The van der Waals surface area contributed by atoms with Crippen LogP contribution in [0.1, 0.15) is 81.6 Å². The Morgan fingerprint density at radius 2 is 1.02 bits per heavy atom. The van der Waals surface area contributed by atoms with Gasteiger partial charge in [0.25, 0.3) is 0 Å². The van der Waals surface area contributed by atoms with Crippen molar-refractivity contribution in [3.05, 3.63) is 154 Å². The van der Waals surface area contributed by atoms with E-state index in [0.717, 1.165) is 36.0 Å². The molecule has 0 N–H and O–H groups in total. The van der Waals surface area contributed by atoms with Crippen LogP contribution in [-0.2, 0) is 9.53 Å². The van der Waals surface area contributed by atoms with Gasteiger partial charge >= 0.3 is 5.97 Å². The molecule has 0 spiro atoms. The molecule has 2 heteroatoms. The zero-order valence-corrected chi connectivity index (χ0v) is 28.3. The molecule has 2 nitrogen and oxygen atoms in total. The number of hydrogen-bond donors (Lipinski definition) is 0. The van der Waals surface area contributed by atoms with Gasteiger partial charge in [-0.1, -0.05) is 148 Å².